The first-order valence-electron chi connectivity index (χ1n) is 7.15. The fourth-order valence-corrected chi connectivity index (χ4v) is 2.66. The fourth-order valence-electron chi connectivity index (χ4n) is 2.66. The maximum atomic E-state index is 12.3. The van der Waals surface area contributed by atoms with Gasteiger partial charge in [-0.3, -0.25) is 9.69 Å². The zero-order chi connectivity index (χ0) is 13.9. The predicted molar refractivity (Wildman–Crippen MR) is 79.1 cm³/mol. The molecule has 0 N–H and O–H groups in total. The lowest BCUT2D eigenvalue weighted by Gasteiger charge is -2.18. The first kappa shape index (κ1) is 13.3. The fraction of sp³-hybridized carbons (Fsp3) is 0.438. The molecule has 0 spiro atoms. The summed E-state index contributed by atoms with van der Waals surface area (Å²) in [6.07, 6.45) is 1.11. The molecule has 2 aromatic rings. The largest absolute Gasteiger partial charge is 0.453 e. The van der Waals surface area contributed by atoms with Crippen LogP contribution in [0.1, 0.15) is 17.0 Å². The lowest BCUT2D eigenvalue weighted by Crippen LogP contribution is -2.33. The maximum absolute atomic E-state index is 12.3. The zero-order valence-electron chi connectivity index (χ0n) is 11.8. The van der Waals surface area contributed by atoms with Crippen molar-refractivity contribution in [2.45, 2.75) is 6.42 Å². The number of hydrogen-bond acceptors (Lipinski definition) is 4. The lowest BCUT2D eigenvalue weighted by atomic mass is 10.2. The van der Waals surface area contributed by atoms with Gasteiger partial charge < -0.3 is 9.32 Å². The Balaban J connectivity index is 1.69. The summed E-state index contributed by atoms with van der Waals surface area (Å²) in [5.74, 6) is 0.551. The van der Waals surface area contributed by atoms with Gasteiger partial charge in [0.05, 0.1) is 6.54 Å². The SMILES string of the molecule is CN1CCCN(CC(=O)c2cc3ccccc3o2)CC1. The third-order valence-electron chi connectivity index (χ3n) is 3.88. The van der Waals surface area contributed by atoms with Crippen molar-refractivity contribution in [1.82, 2.24) is 9.80 Å². The summed E-state index contributed by atoms with van der Waals surface area (Å²) < 4.78 is 5.64. The number of Topliss-reactive ketones (excluding diaryl/α,β-unsaturated/α-hetero) is 1. The third-order valence-corrected chi connectivity index (χ3v) is 3.88. The molecule has 1 aromatic carbocycles. The number of furan rings is 1. The molecule has 1 aliphatic rings. The van der Waals surface area contributed by atoms with E-state index in [4.69, 9.17) is 4.42 Å². The molecule has 1 saturated heterocycles. The molecule has 0 bridgehead atoms. The summed E-state index contributed by atoms with van der Waals surface area (Å²) in [6.45, 7) is 4.51. The van der Waals surface area contributed by atoms with Crippen LogP contribution in [0.2, 0.25) is 0 Å². The molecular weight excluding hydrogens is 252 g/mol. The molecule has 1 aliphatic heterocycles. The standard InChI is InChI=1S/C16H20N2O2/c1-17-7-4-8-18(10-9-17)12-14(19)16-11-13-5-2-3-6-15(13)20-16/h2-3,5-6,11H,4,7-10,12H2,1H3. The van der Waals surface area contributed by atoms with E-state index < -0.39 is 0 Å². The van der Waals surface area contributed by atoms with Gasteiger partial charge in [-0.1, -0.05) is 18.2 Å². The third kappa shape index (κ3) is 2.92. The Kier molecular flexibility index (Phi) is 3.85. The van der Waals surface area contributed by atoms with Crippen LogP contribution in [-0.4, -0.2) is 55.4 Å². The van der Waals surface area contributed by atoms with Gasteiger partial charge in [-0.05, 0) is 38.7 Å². The quantitative estimate of drug-likeness (QED) is 0.803. The van der Waals surface area contributed by atoms with Gasteiger partial charge in [-0.15, -0.1) is 0 Å². The summed E-state index contributed by atoms with van der Waals surface area (Å²) in [7, 11) is 2.13. The van der Waals surface area contributed by atoms with Crippen LogP contribution in [0.3, 0.4) is 0 Å². The van der Waals surface area contributed by atoms with Crippen LogP contribution in [-0.2, 0) is 0 Å². The minimum absolute atomic E-state index is 0.0748. The Morgan fingerprint density at radius 1 is 1.20 bits per heavy atom. The summed E-state index contributed by atoms with van der Waals surface area (Å²) in [5.41, 5.74) is 0.784. The first-order chi connectivity index (χ1) is 9.72. The van der Waals surface area contributed by atoms with Crippen LogP contribution >= 0.6 is 0 Å². The molecule has 0 radical (unpaired) electrons. The molecule has 0 aliphatic carbocycles. The number of benzene rings is 1. The number of para-hydroxylation sites is 1. The summed E-state index contributed by atoms with van der Waals surface area (Å²) >= 11 is 0. The van der Waals surface area contributed by atoms with E-state index in [-0.39, 0.29) is 5.78 Å². The van der Waals surface area contributed by atoms with E-state index in [1.54, 1.807) is 0 Å². The molecule has 4 nitrogen and oxygen atoms in total. The van der Waals surface area contributed by atoms with E-state index in [1.807, 2.05) is 30.3 Å². The van der Waals surface area contributed by atoms with E-state index in [1.165, 1.54) is 0 Å². The molecule has 1 fully saturated rings. The summed E-state index contributed by atoms with van der Waals surface area (Å²) in [5, 5.41) is 0.992. The second kappa shape index (κ2) is 5.77. The second-order valence-electron chi connectivity index (χ2n) is 5.50. The predicted octanol–water partition coefficient (Wildman–Crippen LogP) is 2.25. The average Bonchev–Trinajstić information content (AvgIpc) is 2.78. The zero-order valence-corrected chi connectivity index (χ0v) is 11.8. The van der Waals surface area contributed by atoms with E-state index in [2.05, 4.69) is 16.8 Å². The van der Waals surface area contributed by atoms with Crippen LogP contribution in [0.15, 0.2) is 34.7 Å². The number of ketones is 1. The van der Waals surface area contributed by atoms with Crippen molar-refractivity contribution in [2.75, 3.05) is 39.8 Å². The minimum atomic E-state index is 0.0748. The van der Waals surface area contributed by atoms with Gasteiger partial charge in [0.2, 0.25) is 5.78 Å². The molecule has 2 heterocycles. The van der Waals surface area contributed by atoms with Gasteiger partial charge in [0.25, 0.3) is 0 Å². The first-order valence-corrected chi connectivity index (χ1v) is 7.15. The van der Waals surface area contributed by atoms with Crippen molar-refractivity contribution in [3.63, 3.8) is 0 Å². The molecule has 1 aromatic heterocycles. The number of likely N-dealkylation sites (N-methyl/N-ethyl adjacent to an activating group) is 1. The van der Waals surface area contributed by atoms with Crippen molar-refractivity contribution in [1.29, 1.82) is 0 Å². The molecule has 0 unspecified atom stereocenters. The van der Waals surface area contributed by atoms with Gasteiger partial charge in [0.15, 0.2) is 5.76 Å². The van der Waals surface area contributed by atoms with Gasteiger partial charge >= 0.3 is 0 Å². The molecule has 106 valence electrons. The van der Waals surface area contributed by atoms with Crippen molar-refractivity contribution in [3.05, 3.63) is 36.1 Å². The van der Waals surface area contributed by atoms with Gasteiger partial charge in [-0.2, -0.15) is 0 Å². The molecule has 4 heteroatoms. The van der Waals surface area contributed by atoms with E-state index >= 15 is 0 Å². The molecule has 0 amide bonds. The molecule has 20 heavy (non-hydrogen) atoms. The Morgan fingerprint density at radius 2 is 2.05 bits per heavy atom. The molecule has 0 saturated carbocycles. The summed E-state index contributed by atoms with van der Waals surface area (Å²) in [4.78, 5) is 16.9. The van der Waals surface area contributed by atoms with E-state index in [0.29, 0.717) is 12.3 Å². The highest BCUT2D eigenvalue weighted by Gasteiger charge is 2.18. The number of nitrogens with zero attached hydrogens (tertiary/aromatic N) is 2. The number of rotatable bonds is 3. The Morgan fingerprint density at radius 3 is 2.90 bits per heavy atom. The normalized spacial score (nSPS) is 18.2. The van der Waals surface area contributed by atoms with Gasteiger partial charge in [0.1, 0.15) is 5.58 Å². The van der Waals surface area contributed by atoms with Crippen LogP contribution in [0, 0.1) is 0 Å². The number of hydrogen-bond donors (Lipinski definition) is 0. The van der Waals surface area contributed by atoms with Crippen LogP contribution in [0.4, 0.5) is 0 Å². The number of carbonyl (C=O) groups is 1. The summed E-state index contributed by atoms with van der Waals surface area (Å²) in [6, 6.07) is 9.59. The van der Waals surface area contributed by atoms with Crippen molar-refractivity contribution in [3.8, 4) is 0 Å². The van der Waals surface area contributed by atoms with Gasteiger partial charge in [-0.25, -0.2) is 0 Å². The number of carbonyl (C=O) groups excluding carboxylic acids is 1. The highest BCUT2D eigenvalue weighted by Crippen LogP contribution is 2.19. The second-order valence-corrected chi connectivity index (χ2v) is 5.50. The molecule has 3 rings (SSSR count). The molecular formula is C16H20N2O2. The molecule has 0 atom stereocenters. The van der Waals surface area contributed by atoms with Crippen LogP contribution in [0.25, 0.3) is 11.0 Å². The van der Waals surface area contributed by atoms with E-state index in [0.717, 1.165) is 43.6 Å². The average molecular weight is 272 g/mol. The van der Waals surface area contributed by atoms with Crippen molar-refractivity contribution >= 4 is 16.8 Å². The van der Waals surface area contributed by atoms with Crippen molar-refractivity contribution < 1.29 is 9.21 Å². The minimum Gasteiger partial charge on any atom is -0.453 e. The lowest BCUT2D eigenvalue weighted by molar-refractivity contribution is 0.0908. The Bertz CT molecular complexity index is 572. The van der Waals surface area contributed by atoms with Crippen LogP contribution in [0.5, 0.6) is 0 Å². The Labute approximate surface area is 119 Å². The maximum Gasteiger partial charge on any atom is 0.211 e. The highest BCUT2D eigenvalue weighted by atomic mass is 16.3. The smallest absolute Gasteiger partial charge is 0.211 e. The topological polar surface area (TPSA) is 36.7 Å². The van der Waals surface area contributed by atoms with Crippen molar-refractivity contribution in [2.24, 2.45) is 0 Å². The number of fused-ring (bicyclic) bond motifs is 1. The van der Waals surface area contributed by atoms with E-state index in [9.17, 15) is 4.79 Å². The van der Waals surface area contributed by atoms with Gasteiger partial charge in [0, 0.05) is 18.5 Å². The van der Waals surface area contributed by atoms with Crippen LogP contribution < -0.4 is 0 Å². The highest BCUT2D eigenvalue weighted by molar-refractivity contribution is 5.98. The monoisotopic (exact) mass is 272 g/mol. The Hall–Kier alpha value is -1.65.